The molecule has 0 radical (unpaired) electrons. The second kappa shape index (κ2) is 7.78. The first kappa shape index (κ1) is 18.1. The van der Waals surface area contributed by atoms with E-state index < -0.39 is 0 Å². The van der Waals surface area contributed by atoms with Gasteiger partial charge in [-0.1, -0.05) is 6.07 Å². The van der Waals surface area contributed by atoms with E-state index in [0.29, 0.717) is 11.3 Å². The molecule has 3 aromatic heterocycles. The fourth-order valence-electron chi connectivity index (χ4n) is 3.15. The monoisotopic (exact) mass is 389 g/mol. The van der Waals surface area contributed by atoms with Gasteiger partial charge in [0.1, 0.15) is 5.75 Å². The largest absolute Gasteiger partial charge is 0.497 e. The maximum atomic E-state index is 13.1. The molecule has 6 heteroatoms. The summed E-state index contributed by atoms with van der Waals surface area (Å²) in [5.74, 6) is 0.572. The molecule has 28 heavy (non-hydrogen) atoms. The predicted octanol–water partition coefficient (Wildman–Crippen LogP) is 4.53. The number of amides is 1. The number of hydrogen-bond acceptors (Lipinski definition) is 5. The van der Waals surface area contributed by atoms with Gasteiger partial charge in [-0.3, -0.25) is 14.8 Å². The van der Waals surface area contributed by atoms with E-state index in [9.17, 15) is 4.79 Å². The van der Waals surface area contributed by atoms with E-state index in [-0.39, 0.29) is 11.9 Å². The van der Waals surface area contributed by atoms with Crippen molar-refractivity contribution in [1.82, 2.24) is 15.3 Å². The highest BCUT2D eigenvalue weighted by molar-refractivity contribution is 7.10. The first-order valence-corrected chi connectivity index (χ1v) is 9.73. The summed E-state index contributed by atoms with van der Waals surface area (Å²) in [6.07, 6.45) is 3.47. The highest BCUT2D eigenvalue weighted by Crippen LogP contribution is 2.27. The van der Waals surface area contributed by atoms with E-state index in [0.717, 1.165) is 27.1 Å². The van der Waals surface area contributed by atoms with Crippen LogP contribution in [-0.4, -0.2) is 23.0 Å². The second-order valence-electron chi connectivity index (χ2n) is 6.38. The fourth-order valence-corrected chi connectivity index (χ4v) is 3.95. The molecular weight excluding hydrogens is 370 g/mol. The molecule has 1 aromatic carbocycles. The Morgan fingerprint density at radius 2 is 1.96 bits per heavy atom. The number of carbonyl (C=O) groups excluding carboxylic acids is 1. The zero-order valence-electron chi connectivity index (χ0n) is 15.5. The van der Waals surface area contributed by atoms with E-state index in [1.54, 1.807) is 30.8 Å². The third kappa shape index (κ3) is 3.59. The average molecular weight is 389 g/mol. The van der Waals surface area contributed by atoms with Gasteiger partial charge in [-0.25, -0.2) is 0 Å². The standard InChI is InChI=1S/C22H19N3O2S/c1-14-18(13-16-12-17(27-2)5-6-19(16)24-14)22(26)25-21(20-4-3-11-28-20)15-7-9-23-10-8-15/h3-13,21H,1-2H3,(H,25,26)/t21-/m0/s1. The van der Waals surface area contributed by atoms with Crippen molar-refractivity contribution in [2.45, 2.75) is 13.0 Å². The molecule has 0 bridgehead atoms. The molecule has 0 unspecified atom stereocenters. The normalized spacial score (nSPS) is 11.9. The minimum absolute atomic E-state index is 0.162. The van der Waals surface area contributed by atoms with Crippen LogP contribution < -0.4 is 10.1 Å². The van der Waals surface area contributed by atoms with E-state index >= 15 is 0 Å². The van der Waals surface area contributed by atoms with Gasteiger partial charge in [0.25, 0.3) is 5.91 Å². The van der Waals surface area contributed by atoms with Crippen molar-refractivity contribution >= 4 is 28.1 Å². The maximum absolute atomic E-state index is 13.1. The van der Waals surface area contributed by atoms with E-state index in [2.05, 4.69) is 15.3 Å². The third-order valence-corrected chi connectivity index (χ3v) is 5.54. The van der Waals surface area contributed by atoms with Crippen LogP contribution in [0.15, 0.2) is 66.3 Å². The van der Waals surface area contributed by atoms with Gasteiger partial charge < -0.3 is 10.1 Å². The van der Waals surface area contributed by atoms with Crippen molar-refractivity contribution in [1.29, 1.82) is 0 Å². The molecule has 0 spiro atoms. The first-order valence-electron chi connectivity index (χ1n) is 8.85. The number of rotatable bonds is 5. The van der Waals surface area contributed by atoms with Crippen LogP contribution >= 0.6 is 11.3 Å². The molecule has 3 heterocycles. The van der Waals surface area contributed by atoms with Crippen LogP contribution in [0.1, 0.15) is 32.5 Å². The van der Waals surface area contributed by atoms with Gasteiger partial charge in [-0.05, 0) is 60.3 Å². The predicted molar refractivity (Wildman–Crippen MR) is 111 cm³/mol. The van der Waals surface area contributed by atoms with Crippen LogP contribution in [0, 0.1) is 6.92 Å². The van der Waals surface area contributed by atoms with Gasteiger partial charge in [0.15, 0.2) is 0 Å². The number of hydrogen-bond donors (Lipinski definition) is 1. The lowest BCUT2D eigenvalue weighted by Gasteiger charge is -2.19. The lowest BCUT2D eigenvalue weighted by molar-refractivity contribution is 0.0942. The summed E-state index contributed by atoms with van der Waals surface area (Å²) in [6, 6.07) is 15.1. The molecule has 0 aliphatic heterocycles. The zero-order valence-corrected chi connectivity index (χ0v) is 16.4. The van der Waals surface area contributed by atoms with Crippen molar-refractivity contribution in [3.8, 4) is 5.75 Å². The molecule has 0 saturated carbocycles. The Balaban J connectivity index is 1.70. The number of nitrogens with zero attached hydrogens (tertiary/aromatic N) is 2. The summed E-state index contributed by atoms with van der Waals surface area (Å²) in [6.45, 7) is 1.85. The Morgan fingerprint density at radius 1 is 1.14 bits per heavy atom. The Morgan fingerprint density at radius 3 is 2.68 bits per heavy atom. The second-order valence-corrected chi connectivity index (χ2v) is 7.36. The number of fused-ring (bicyclic) bond motifs is 1. The maximum Gasteiger partial charge on any atom is 0.253 e. The van der Waals surface area contributed by atoms with Crippen LogP contribution in [0.5, 0.6) is 5.75 Å². The van der Waals surface area contributed by atoms with Gasteiger partial charge in [0, 0.05) is 22.7 Å². The minimum atomic E-state index is -0.240. The summed E-state index contributed by atoms with van der Waals surface area (Å²) in [4.78, 5) is 22.9. The van der Waals surface area contributed by atoms with Crippen molar-refractivity contribution < 1.29 is 9.53 Å². The number of aromatic nitrogens is 2. The molecule has 1 atom stereocenters. The van der Waals surface area contributed by atoms with Crippen LogP contribution in [-0.2, 0) is 0 Å². The smallest absolute Gasteiger partial charge is 0.253 e. The fraction of sp³-hybridized carbons (Fsp3) is 0.136. The summed E-state index contributed by atoms with van der Waals surface area (Å²) in [7, 11) is 1.62. The van der Waals surface area contributed by atoms with Gasteiger partial charge in [0.2, 0.25) is 0 Å². The molecule has 1 N–H and O–H groups in total. The van der Waals surface area contributed by atoms with Crippen molar-refractivity contribution in [3.05, 3.63) is 88.0 Å². The summed E-state index contributed by atoms with van der Waals surface area (Å²) >= 11 is 1.61. The summed E-state index contributed by atoms with van der Waals surface area (Å²) in [5.41, 5.74) is 3.06. The number of ether oxygens (including phenoxy) is 1. The number of benzene rings is 1. The highest BCUT2D eigenvalue weighted by Gasteiger charge is 2.20. The molecule has 0 aliphatic carbocycles. The highest BCUT2D eigenvalue weighted by atomic mass is 32.1. The third-order valence-electron chi connectivity index (χ3n) is 4.60. The molecule has 4 rings (SSSR count). The molecular formula is C22H19N3O2S. The Kier molecular flexibility index (Phi) is 5.04. The molecule has 5 nitrogen and oxygen atoms in total. The molecule has 0 aliphatic rings. The lowest BCUT2D eigenvalue weighted by atomic mass is 10.0. The van der Waals surface area contributed by atoms with Gasteiger partial charge in [-0.15, -0.1) is 11.3 Å². The molecule has 140 valence electrons. The van der Waals surface area contributed by atoms with Crippen LogP contribution in [0.25, 0.3) is 10.9 Å². The Labute approximate surface area is 167 Å². The average Bonchev–Trinajstić information content (AvgIpc) is 3.26. The SMILES string of the molecule is COc1ccc2nc(C)c(C(=O)N[C@@H](c3ccncc3)c3cccs3)cc2c1. The van der Waals surface area contributed by atoms with E-state index in [4.69, 9.17) is 4.74 Å². The quantitative estimate of drug-likeness (QED) is 0.545. The molecule has 0 saturated heterocycles. The van der Waals surface area contributed by atoms with Crippen molar-refractivity contribution in [2.24, 2.45) is 0 Å². The lowest BCUT2D eigenvalue weighted by Crippen LogP contribution is -2.29. The minimum Gasteiger partial charge on any atom is -0.497 e. The zero-order chi connectivity index (χ0) is 19.5. The molecule has 4 aromatic rings. The molecule has 1 amide bonds. The van der Waals surface area contributed by atoms with Crippen molar-refractivity contribution in [3.63, 3.8) is 0 Å². The number of pyridine rings is 2. The Bertz CT molecular complexity index is 1110. The number of aryl methyl sites for hydroxylation is 1. The first-order chi connectivity index (χ1) is 13.7. The molecule has 0 fully saturated rings. The van der Waals surface area contributed by atoms with Gasteiger partial charge in [0.05, 0.1) is 29.9 Å². The number of methoxy groups -OCH3 is 1. The summed E-state index contributed by atoms with van der Waals surface area (Å²) < 4.78 is 5.29. The van der Waals surface area contributed by atoms with Crippen molar-refractivity contribution in [2.75, 3.05) is 7.11 Å². The topological polar surface area (TPSA) is 64.1 Å². The Hall–Kier alpha value is -3.25. The van der Waals surface area contributed by atoms with Crippen LogP contribution in [0.2, 0.25) is 0 Å². The number of thiophene rings is 1. The van der Waals surface area contributed by atoms with Gasteiger partial charge >= 0.3 is 0 Å². The number of carbonyl (C=O) groups is 1. The van der Waals surface area contributed by atoms with Gasteiger partial charge in [-0.2, -0.15) is 0 Å². The van der Waals surface area contributed by atoms with Crippen LogP contribution in [0.3, 0.4) is 0 Å². The van der Waals surface area contributed by atoms with Crippen LogP contribution in [0.4, 0.5) is 0 Å². The van der Waals surface area contributed by atoms with E-state index in [1.165, 1.54) is 0 Å². The van der Waals surface area contributed by atoms with E-state index in [1.807, 2.05) is 60.8 Å². The summed E-state index contributed by atoms with van der Waals surface area (Å²) in [5, 5.41) is 6.03. The number of nitrogens with one attached hydrogen (secondary N) is 1.